The summed E-state index contributed by atoms with van der Waals surface area (Å²) in [6.07, 6.45) is 3.30. The van der Waals surface area contributed by atoms with Crippen LogP contribution in [0.3, 0.4) is 0 Å². The first-order valence-corrected chi connectivity index (χ1v) is 12.8. The number of carbonyl (C=O) groups is 3. The number of anilines is 2. The Kier molecular flexibility index (Phi) is 7.87. The summed E-state index contributed by atoms with van der Waals surface area (Å²) < 4.78 is 7.02. The summed E-state index contributed by atoms with van der Waals surface area (Å²) >= 11 is 0. The highest BCUT2D eigenvalue weighted by Crippen LogP contribution is 2.31. The molecule has 10 nitrogen and oxygen atoms in total. The van der Waals surface area contributed by atoms with Gasteiger partial charge in [0.25, 0.3) is 11.8 Å². The number of amides is 3. The standard InChI is InChI=1S/C30H28N6O4/c1-20(37)31-15-16-32-29(38)24-9-5-17-36-27(24)35-26(28(36)33-19-21-7-3-2-4-8-21)22-11-13-23(14-12-22)34-30(39)25-10-6-18-40-25/h2-14,17-18,33H,15-16,19H2,1H3,(H,31,37)(H,32,38)(H,34,39). The molecule has 4 N–H and O–H groups in total. The van der Waals surface area contributed by atoms with E-state index in [4.69, 9.17) is 9.40 Å². The van der Waals surface area contributed by atoms with Gasteiger partial charge in [0.15, 0.2) is 11.4 Å². The third kappa shape index (κ3) is 6.02. The quantitative estimate of drug-likeness (QED) is 0.197. The predicted octanol–water partition coefficient (Wildman–Crippen LogP) is 4.32. The van der Waals surface area contributed by atoms with Crippen LogP contribution in [0.15, 0.2) is 95.7 Å². The Morgan fingerprint density at radius 3 is 2.35 bits per heavy atom. The van der Waals surface area contributed by atoms with Crippen LogP contribution < -0.4 is 21.3 Å². The van der Waals surface area contributed by atoms with E-state index in [0.717, 1.165) is 16.9 Å². The molecule has 0 atom stereocenters. The molecule has 5 aromatic rings. The molecule has 0 fully saturated rings. The summed E-state index contributed by atoms with van der Waals surface area (Å²) in [6, 6.07) is 24.0. The number of fused-ring (bicyclic) bond motifs is 1. The van der Waals surface area contributed by atoms with Crippen molar-refractivity contribution in [1.82, 2.24) is 20.0 Å². The van der Waals surface area contributed by atoms with Crippen LogP contribution in [0.5, 0.6) is 0 Å². The molecule has 0 spiro atoms. The van der Waals surface area contributed by atoms with Crippen molar-refractivity contribution in [3.05, 3.63) is 108 Å². The van der Waals surface area contributed by atoms with E-state index in [1.54, 1.807) is 36.4 Å². The van der Waals surface area contributed by atoms with Gasteiger partial charge in [-0.2, -0.15) is 0 Å². The molecule has 2 aromatic carbocycles. The Balaban J connectivity index is 1.45. The number of rotatable bonds is 10. The molecule has 3 heterocycles. The first-order chi connectivity index (χ1) is 19.5. The maximum absolute atomic E-state index is 13.0. The van der Waals surface area contributed by atoms with Crippen molar-refractivity contribution in [3.8, 4) is 11.3 Å². The largest absolute Gasteiger partial charge is 0.459 e. The van der Waals surface area contributed by atoms with Crippen molar-refractivity contribution in [1.29, 1.82) is 0 Å². The Bertz CT molecular complexity index is 1630. The molecule has 202 valence electrons. The molecule has 0 saturated heterocycles. The van der Waals surface area contributed by atoms with Gasteiger partial charge in [-0.25, -0.2) is 4.98 Å². The average Bonchev–Trinajstić information content (AvgIpc) is 3.64. The van der Waals surface area contributed by atoms with Crippen LogP contribution in [0.2, 0.25) is 0 Å². The Hall–Kier alpha value is -5.38. The monoisotopic (exact) mass is 536 g/mol. The first-order valence-electron chi connectivity index (χ1n) is 12.8. The van der Waals surface area contributed by atoms with E-state index in [-0.39, 0.29) is 30.0 Å². The molecule has 3 amide bonds. The maximum atomic E-state index is 13.0. The topological polar surface area (TPSA) is 130 Å². The molecule has 0 saturated carbocycles. The number of benzene rings is 2. The summed E-state index contributed by atoms with van der Waals surface area (Å²) in [5, 5.41) is 11.8. The SMILES string of the molecule is CC(=O)NCCNC(=O)c1cccn2c(NCc3ccccc3)c(-c3ccc(NC(=O)c4ccco4)cc3)nc12. The van der Waals surface area contributed by atoms with Crippen LogP contribution in [0.4, 0.5) is 11.5 Å². The van der Waals surface area contributed by atoms with Crippen LogP contribution in [-0.2, 0) is 11.3 Å². The fourth-order valence-corrected chi connectivity index (χ4v) is 4.22. The van der Waals surface area contributed by atoms with Crippen molar-refractivity contribution in [3.63, 3.8) is 0 Å². The minimum Gasteiger partial charge on any atom is -0.459 e. The number of carbonyl (C=O) groups excluding carboxylic acids is 3. The minimum atomic E-state index is -0.343. The van der Waals surface area contributed by atoms with E-state index < -0.39 is 0 Å². The molecule has 0 aliphatic rings. The van der Waals surface area contributed by atoms with E-state index in [0.29, 0.717) is 35.7 Å². The van der Waals surface area contributed by atoms with Gasteiger partial charge < -0.3 is 25.7 Å². The van der Waals surface area contributed by atoms with Gasteiger partial charge in [-0.05, 0) is 42.0 Å². The fourth-order valence-electron chi connectivity index (χ4n) is 4.22. The van der Waals surface area contributed by atoms with Crippen molar-refractivity contribution >= 4 is 34.9 Å². The lowest BCUT2D eigenvalue weighted by Gasteiger charge is -2.10. The molecule has 0 aliphatic carbocycles. The molecule has 0 bridgehead atoms. The number of aromatic nitrogens is 2. The van der Waals surface area contributed by atoms with Crippen molar-refractivity contribution in [2.24, 2.45) is 0 Å². The highest BCUT2D eigenvalue weighted by atomic mass is 16.3. The lowest BCUT2D eigenvalue weighted by molar-refractivity contribution is -0.118. The lowest BCUT2D eigenvalue weighted by atomic mass is 10.1. The number of nitrogens with zero attached hydrogens (tertiary/aromatic N) is 2. The van der Waals surface area contributed by atoms with E-state index in [2.05, 4.69) is 21.3 Å². The van der Waals surface area contributed by atoms with Crippen molar-refractivity contribution in [2.75, 3.05) is 23.7 Å². The molecule has 3 aromatic heterocycles. The summed E-state index contributed by atoms with van der Waals surface area (Å²) in [5.74, 6) is 0.150. The molecular formula is C30H28N6O4. The molecule has 0 aliphatic heterocycles. The summed E-state index contributed by atoms with van der Waals surface area (Å²) in [4.78, 5) is 41.4. The van der Waals surface area contributed by atoms with Gasteiger partial charge in [0.2, 0.25) is 5.91 Å². The van der Waals surface area contributed by atoms with Gasteiger partial charge in [0.05, 0.1) is 11.8 Å². The second-order valence-corrected chi connectivity index (χ2v) is 9.01. The number of furan rings is 1. The Morgan fingerprint density at radius 1 is 0.850 bits per heavy atom. The van der Waals surface area contributed by atoms with Gasteiger partial charge >= 0.3 is 0 Å². The number of imidazole rings is 1. The second-order valence-electron chi connectivity index (χ2n) is 9.01. The predicted molar refractivity (Wildman–Crippen MR) is 152 cm³/mol. The van der Waals surface area contributed by atoms with Crippen LogP contribution >= 0.6 is 0 Å². The van der Waals surface area contributed by atoms with Gasteiger partial charge in [-0.3, -0.25) is 18.8 Å². The second kappa shape index (κ2) is 12.0. The summed E-state index contributed by atoms with van der Waals surface area (Å²) in [7, 11) is 0. The zero-order valence-electron chi connectivity index (χ0n) is 21.8. The van der Waals surface area contributed by atoms with Crippen molar-refractivity contribution in [2.45, 2.75) is 13.5 Å². The summed E-state index contributed by atoms with van der Waals surface area (Å²) in [6.45, 7) is 2.60. The minimum absolute atomic E-state index is 0.157. The molecular weight excluding hydrogens is 508 g/mol. The molecule has 40 heavy (non-hydrogen) atoms. The van der Waals surface area contributed by atoms with E-state index in [1.165, 1.54) is 13.2 Å². The maximum Gasteiger partial charge on any atom is 0.291 e. The van der Waals surface area contributed by atoms with Gasteiger partial charge in [0, 0.05) is 44.0 Å². The summed E-state index contributed by atoms with van der Waals surface area (Å²) in [5.41, 5.74) is 4.03. The molecule has 0 radical (unpaired) electrons. The highest BCUT2D eigenvalue weighted by molar-refractivity contribution is 6.02. The van der Waals surface area contributed by atoms with Crippen LogP contribution in [-0.4, -0.2) is 40.2 Å². The third-order valence-corrected chi connectivity index (χ3v) is 6.14. The molecule has 10 heteroatoms. The average molecular weight is 537 g/mol. The van der Waals surface area contributed by atoms with Crippen LogP contribution in [0.1, 0.15) is 33.4 Å². The van der Waals surface area contributed by atoms with Crippen molar-refractivity contribution < 1.29 is 18.8 Å². The smallest absolute Gasteiger partial charge is 0.291 e. The Labute approximate surface area is 230 Å². The zero-order valence-corrected chi connectivity index (χ0v) is 21.8. The van der Waals surface area contributed by atoms with E-state index in [9.17, 15) is 14.4 Å². The third-order valence-electron chi connectivity index (χ3n) is 6.14. The normalized spacial score (nSPS) is 10.7. The van der Waals surface area contributed by atoms with Gasteiger partial charge in [-0.15, -0.1) is 0 Å². The Morgan fingerprint density at radius 2 is 1.62 bits per heavy atom. The van der Waals surface area contributed by atoms with Gasteiger partial charge in [-0.1, -0.05) is 42.5 Å². The van der Waals surface area contributed by atoms with Crippen LogP contribution in [0, 0.1) is 0 Å². The van der Waals surface area contributed by atoms with Gasteiger partial charge in [0.1, 0.15) is 11.5 Å². The molecule has 5 rings (SSSR count). The van der Waals surface area contributed by atoms with E-state index >= 15 is 0 Å². The number of pyridine rings is 1. The first kappa shape index (κ1) is 26.2. The number of hydrogen-bond acceptors (Lipinski definition) is 6. The fraction of sp³-hybridized carbons (Fsp3) is 0.133. The highest BCUT2D eigenvalue weighted by Gasteiger charge is 2.19. The number of hydrogen-bond donors (Lipinski definition) is 4. The molecule has 0 unspecified atom stereocenters. The zero-order chi connectivity index (χ0) is 27.9. The van der Waals surface area contributed by atoms with Crippen LogP contribution in [0.25, 0.3) is 16.9 Å². The lowest BCUT2D eigenvalue weighted by Crippen LogP contribution is -2.33. The number of nitrogens with one attached hydrogen (secondary N) is 4. The van der Waals surface area contributed by atoms with E-state index in [1.807, 2.05) is 53.1 Å².